The molecule has 0 radical (unpaired) electrons. The Kier molecular flexibility index (Phi) is 5.16. The molecular formula is C25H25N3O3. The highest BCUT2D eigenvalue weighted by atomic mass is 16.5. The Hall–Kier alpha value is -3.25. The Balaban J connectivity index is 1.38. The van der Waals surface area contributed by atoms with Crippen molar-refractivity contribution in [2.75, 3.05) is 23.8 Å². The summed E-state index contributed by atoms with van der Waals surface area (Å²) in [7, 11) is 0. The van der Waals surface area contributed by atoms with E-state index in [4.69, 9.17) is 4.74 Å². The summed E-state index contributed by atoms with van der Waals surface area (Å²) in [6.45, 7) is 3.20. The molecule has 1 aromatic heterocycles. The first-order valence-corrected chi connectivity index (χ1v) is 10.8. The van der Waals surface area contributed by atoms with Gasteiger partial charge in [-0.1, -0.05) is 18.2 Å². The van der Waals surface area contributed by atoms with Gasteiger partial charge in [-0.2, -0.15) is 0 Å². The number of pyridine rings is 1. The van der Waals surface area contributed by atoms with Gasteiger partial charge in [-0.15, -0.1) is 0 Å². The van der Waals surface area contributed by atoms with Crippen LogP contribution in [-0.2, 0) is 14.3 Å². The zero-order valence-corrected chi connectivity index (χ0v) is 17.5. The Morgan fingerprint density at radius 1 is 0.935 bits per heavy atom. The first-order chi connectivity index (χ1) is 15.1. The predicted octanol–water partition coefficient (Wildman–Crippen LogP) is 4.53. The van der Waals surface area contributed by atoms with Gasteiger partial charge >= 0.3 is 0 Å². The van der Waals surface area contributed by atoms with Crippen molar-refractivity contribution in [1.29, 1.82) is 0 Å². The molecule has 2 amide bonds. The second-order valence-corrected chi connectivity index (χ2v) is 8.47. The summed E-state index contributed by atoms with van der Waals surface area (Å²) in [6, 6.07) is 14.1. The standard InChI is InChI=1S/C25H25N3O3/c1-15-2-7-21(27-25(30)19-8-9-31-14-19)12-22(15)18-6-5-17-11-23(26-13-20(17)10-18)28-24(29)16-3-4-16/h2,5-7,10-13,16,19H,3-4,8-9,14H2,1H3,(H,27,30)(H,26,28,29)/t19-/m1/s1. The molecular weight excluding hydrogens is 390 g/mol. The topological polar surface area (TPSA) is 80.3 Å². The van der Waals surface area contributed by atoms with E-state index in [0.717, 1.165) is 52.4 Å². The minimum absolute atomic E-state index is 0.00999. The van der Waals surface area contributed by atoms with Crippen LogP contribution in [0.1, 0.15) is 24.8 Å². The number of hydrogen-bond donors (Lipinski definition) is 2. The zero-order chi connectivity index (χ0) is 21.4. The summed E-state index contributed by atoms with van der Waals surface area (Å²) in [6.07, 6.45) is 4.50. The van der Waals surface area contributed by atoms with Crippen LogP contribution in [0.4, 0.5) is 11.5 Å². The lowest BCUT2D eigenvalue weighted by Crippen LogP contribution is -2.22. The van der Waals surface area contributed by atoms with Gasteiger partial charge in [-0.05, 0) is 72.5 Å². The molecule has 5 rings (SSSR count). The Labute approximate surface area is 181 Å². The van der Waals surface area contributed by atoms with E-state index < -0.39 is 0 Å². The lowest BCUT2D eigenvalue weighted by atomic mass is 9.97. The quantitative estimate of drug-likeness (QED) is 0.641. The highest BCUT2D eigenvalue weighted by molar-refractivity contribution is 5.96. The maximum absolute atomic E-state index is 12.4. The molecule has 0 spiro atoms. The van der Waals surface area contributed by atoms with Crippen LogP contribution in [0.5, 0.6) is 0 Å². The van der Waals surface area contributed by atoms with Crippen LogP contribution in [-0.4, -0.2) is 30.0 Å². The summed E-state index contributed by atoms with van der Waals surface area (Å²) in [4.78, 5) is 28.9. The SMILES string of the molecule is Cc1ccc(NC(=O)[C@@H]2CCOC2)cc1-c1ccc2cc(NC(=O)C3CC3)ncc2c1. The molecule has 1 aliphatic heterocycles. The molecule has 0 unspecified atom stereocenters. The number of rotatable bonds is 5. The van der Waals surface area contributed by atoms with Crippen LogP contribution in [0.2, 0.25) is 0 Å². The van der Waals surface area contributed by atoms with Crippen molar-refractivity contribution < 1.29 is 14.3 Å². The van der Waals surface area contributed by atoms with Gasteiger partial charge < -0.3 is 15.4 Å². The second-order valence-electron chi connectivity index (χ2n) is 8.47. The minimum atomic E-state index is -0.0777. The van der Waals surface area contributed by atoms with E-state index in [-0.39, 0.29) is 23.7 Å². The van der Waals surface area contributed by atoms with E-state index in [0.29, 0.717) is 19.0 Å². The number of carbonyl (C=O) groups excluding carboxylic acids is 2. The fourth-order valence-corrected chi connectivity index (χ4v) is 3.95. The number of fused-ring (bicyclic) bond motifs is 1. The van der Waals surface area contributed by atoms with E-state index >= 15 is 0 Å². The van der Waals surface area contributed by atoms with E-state index in [1.807, 2.05) is 30.3 Å². The number of benzene rings is 2. The third-order valence-electron chi connectivity index (χ3n) is 6.04. The van der Waals surface area contributed by atoms with Crippen molar-refractivity contribution in [3.8, 4) is 11.1 Å². The molecule has 1 saturated carbocycles. The summed E-state index contributed by atoms with van der Waals surface area (Å²) >= 11 is 0. The zero-order valence-electron chi connectivity index (χ0n) is 17.5. The second kappa shape index (κ2) is 8.12. The molecule has 2 heterocycles. The summed E-state index contributed by atoms with van der Waals surface area (Å²) in [5, 5.41) is 7.95. The molecule has 6 nitrogen and oxygen atoms in total. The van der Waals surface area contributed by atoms with Gasteiger partial charge in [-0.3, -0.25) is 9.59 Å². The van der Waals surface area contributed by atoms with Crippen molar-refractivity contribution in [2.24, 2.45) is 11.8 Å². The number of nitrogens with zero attached hydrogens (tertiary/aromatic N) is 1. The van der Waals surface area contributed by atoms with E-state index in [1.165, 1.54) is 0 Å². The number of amides is 2. The number of ether oxygens (including phenoxy) is 1. The van der Waals surface area contributed by atoms with Crippen molar-refractivity contribution in [3.05, 3.63) is 54.2 Å². The first kappa shape index (κ1) is 19.7. The summed E-state index contributed by atoms with van der Waals surface area (Å²) in [5.74, 6) is 0.731. The van der Waals surface area contributed by atoms with Crippen molar-refractivity contribution in [3.63, 3.8) is 0 Å². The van der Waals surface area contributed by atoms with Crippen LogP contribution in [0, 0.1) is 18.8 Å². The van der Waals surface area contributed by atoms with Gasteiger partial charge in [0.1, 0.15) is 5.82 Å². The molecule has 3 aromatic rings. The van der Waals surface area contributed by atoms with Gasteiger partial charge in [-0.25, -0.2) is 4.98 Å². The summed E-state index contributed by atoms with van der Waals surface area (Å²) in [5.41, 5.74) is 4.03. The number of aromatic nitrogens is 1. The van der Waals surface area contributed by atoms with Gasteiger partial charge in [0.25, 0.3) is 0 Å². The smallest absolute Gasteiger partial charge is 0.229 e. The molecule has 0 bridgehead atoms. The highest BCUT2D eigenvalue weighted by Crippen LogP contribution is 2.32. The van der Waals surface area contributed by atoms with Gasteiger partial charge in [0, 0.05) is 29.8 Å². The maximum Gasteiger partial charge on any atom is 0.229 e. The maximum atomic E-state index is 12.4. The van der Waals surface area contributed by atoms with Gasteiger partial charge in [0.2, 0.25) is 11.8 Å². The molecule has 1 aliphatic carbocycles. The molecule has 6 heteroatoms. The highest BCUT2D eigenvalue weighted by Gasteiger charge is 2.29. The average Bonchev–Trinajstić information content (AvgIpc) is 3.48. The Bertz CT molecular complexity index is 1160. The molecule has 2 fully saturated rings. The van der Waals surface area contributed by atoms with Gasteiger partial charge in [0.05, 0.1) is 12.5 Å². The normalized spacial score (nSPS) is 18.2. The average molecular weight is 415 g/mol. The third-order valence-corrected chi connectivity index (χ3v) is 6.04. The van der Waals surface area contributed by atoms with E-state index in [9.17, 15) is 9.59 Å². The van der Waals surface area contributed by atoms with Crippen LogP contribution in [0.25, 0.3) is 21.9 Å². The lowest BCUT2D eigenvalue weighted by molar-refractivity contribution is -0.120. The lowest BCUT2D eigenvalue weighted by Gasteiger charge is -2.13. The Morgan fingerprint density at radius 3 is 2.55 bits per heavy atom. The van der Waals surface area contributed by atoms with Crippen LogP contribution in [0.15, 0.2) is 48.7 Å². The fourth-order valence-electron chi connectivity index (χ4n) is 3.95. The number of aryl methyl sites for hydroxylation is 1. The van der Waals surface area contributed by atoms with Crippen molar-refractivity contribution in [1.82, 2.24) is 4.98 Å². The molecule has 1 atom stereocenters. The van der Waals surface area contributed by atoms with Gasteiger partial charge in [0.15, 0.2) is 0 Å². The molecule has 2 N–H and O–H groups in total. The molecule has 158 valence electrons. The minimum Gasteiger partial charge on any atom is -0.381 e. The van der Waals surface area contributed by atoms with E-state index in [1.54, 1.807) is 6.20 Å². The number of hydrogen-bond acceptors (Lipinski definition) is 4. The van der Waals surface area contributed by atoms with E-state index in [2.05, 4.69) is 34.7 Å². The van der Waals surface area contributed by atoms with Crippen molar-refractivity contribution >= 4 is 34.1 Å². The fraction of sp³-hybridized carbons (Fsp3) is 0.320. The van der Waals surface area contributed by atoms with Crippen LogP contribution >= 0.6 is 0 Å². The number of nitrogens with one attached hydrogen (secondary N) is 2. The number of carbonyl (C=O) groups is 2. The largest absolute Gasteiger partial charge is 0.381 e. The molecule has 31 heavy (non-hydrogen) atoms. The van der Waals surface area contributed by atoms with Crippen LogP contribution < -0.4 is 10.6 Å². The molecule has 2 aliphatic rings. The Morgan fingerprint density at radius 2 is 1.77 bits per heavy atom. The monoisotopic (exact) mass is 415 g/mol. The van der Waals surface area contributed by atoms with Crippen molar-refractivity contribution in [2.45, 2.75) is 26.2 Å². The summed E-state index contributed by atoms with van der Waals surface area (Å²) < 4.78 is 5.32. The first-order valence-electron chi connectivity index (χ1n) is 10.8. The third kappa shape index (κ3) is 4.30. The molecule has 2 aromatic carbocycles. The predicted molar refractivity (Wildman–Crippen MR) is 121 cm³/mol. The molecule has 1 saturated heterocycles. The van der Waals surface area contributed by atoms with Crippen LogP contribution in [0.3, 0.4) is 0 Å². The number of anilines is 2.